The Hall–Kier alpha value is -3.85. The number of anilines is 1. The average Bonchev–Trinajstić information content (AvgIpc) is 2.83. The van der Waals surface area contributed by atoms with Crippen molar-refractivity contribution in [3.63, 3.8) is 0 Å². The number of benzene rings is 3. The Morgan fingerprint density at radius 3 is 2.15 bits per heavy atom. The van der Waals surface area contributed by atoms with Crippen LogP contribution < -0.4 is 19.2 Å². The lowest BCUT2D eigenvalue weighted by molar-refractivity contribution is -0.119. The molecule has 8 nitrogen and oxygen atoms in total. The van der Waals surface area contributed by atoms with Crippen molar-refractivity contribution in [1.29, 1.82) is 0 Å². The lowest BCUT2D eigenvalue weighted by Crippen LogP contribution is -2.39. The van der Waals surface area contributed by atoms with Crippen molar-refractivity contribution in [2.45, 2.75) is 18.7 Å². The minimum absolute atomic E-state index is 0.0407. The van der Waals surface area contributed by atoms with Crippen LogP contribution in [0.25, 0.3) is 0 Å². The summed E-state index contributed by atoms with van der Waals surface area (Å²) in [6, 6.07) is 18.7. The van der Waals surface area contributed by atoms with Crippen LogP contribution in [-0.4, -0.2) is 41.3 Å². The summed E-state index contributed by atoms with van der Waals surface area (Å²) in [4.78, 5) is 12.8. The highest BCUT2D eigenvalue weighted by atomic mass is 32.2. The van der Waals surface area contributed by atoms with Gasteiger partial charge < -0.3 is 9.47 Å². The molecule has 0 aliphatic rings. The first-order chi connectivity index (χ1) is 16.2. The van der Waals surface area contributed by atoms with E-state index >= 15 is 0 Å². The Kier molecular flexibility index (Phi) is 7.91. The fourth-order valence-electron chi connectivity index (χ4n) is 3.13. The third-order valence-electron chi connectivity index (χ3n) is 5.03. The number of nitrogens with zero attached hydrogens (tertiary/aromatic N) is 2. The van der Waals surface area contributed by atoms with Crippen LogP contribution >= 0.6 is 0 Å². The second-order valence-corrected chi connectivity index (χ2v) is 9.43. The first kappa shape index (κ1) is 24.8. The molecule has 34 heavy (non-hydrogen) atoms. The highest BCUT2D eigenvalue weighted by Gasteiger charge is 2.30. The van der Waals surface area contributed by atoms with Gasteiger partial charge in [0, 0.05) is 6.07 Å². The quantitative estimate of drug-likeness (QED) is 0.372. The number of nitrogens with one attached hydrogen (secondary N) is 1. The highest BCUT2D eigenvalue weighted by molar-refractivity contribution is 7.92. The van der Waals surface area contributed by atoms with Crippen molar-refractivity contribution in [2.75, 3.05) is 25.1 Å². The van der Waals surface area contributed by atoms with E-state index in [1.165, 1.54) is 38.6 Å². The number of rotatable bonds is 9. The van der Waals surface area contributed by atoms with Crippen LogP contribution in [0.4, 0.5) is 5.69 Å². The predicted molar refractivity (Wildman–Crippen MR) is 132 cm³/mol. The zero-order valence-electron chi connectivity index (χ0n) is 19.5. The summed E-state index contributed by atoms with van der Waals surface area (Å²) < 4.78 is 38.8. The molecule has 0 aliphatic carbocycles. The van der Waals surface area contributed by atoms with Crippen LogP contribution in [0.15, 0.2) is 76.7 Å². The number of carbonyl (C=O) groups excluding carboxylic acids is 1. The number of methoxy groups -OCH3 is 2. The molecule has 0 saturated heterocycles. The fraction of sp³-hybridized carbons (Fsp3) is 0.200. The fourth-order valence-corrected chi connectivity index (χ4v) is 4.55. The first-order valence-electron chi connectivity index (χ1n) is 10.4. The summed E-state index contributed by atoms with van der Waals surface area (Å²) in [6.45, 7) is 3.31. The number of sulfonamides is 1. The van der Waals surface area contributed by atoms with Gasteiger partial charge in [0.15, 0.2) is 0 Å². The number of hydrazone groups is 1. The van der Waals surface area contributed by atoms with Gasteiger partial charge in [0.25, 0.3) is 15.9 Å². The average molecular weight is 482 g/mol. The topological polar surface area (TPSA) is 97.3 Å². The van der Waals surface area contributed by atoms with E-state index in [9.17, 15) is 13.2 Å². The van der Waals surface area contributed by atoms with Crippen molar-refractivity contribution >= 4 is 27.8 Å². The normalized spacial score (nSPS) is 11.3. The van der Waals surface area contributed by atoms with Gasteiger partial charge >= 0.3 is 0 Å². The van der Waals surface area contributed by atoms with Gasteiger partial charge in [-0.3, -0.25) is 9.10 Å². The van der Waals surface area contributed by atoms with Crippen molar-refractivity contribution in [2.24, 2.45) is 5.10 Å². The monoisotopic (exact) mass is 481 g/mol. The molecule has 0 heterocycles. The standard InChI is InChI=1S/C25H27N3O5S/c1-18-5-9-20(10-6-18)16-26-27-25(29)17-28(23-15-21(32-3)11-14-24(23)33-4)34(30,31)22-12-7-19(2)8-13-22/h5-16H,17H2,1-4H3,(H,27,29)/b26-16-. The molecule has 3 aromatic rings. The van der Waals surface area contributed by atoms with Gasteiger partial charge in [-0.05, 0) is 43.7 Å². The Morgan fingerprint density at radius 1 is 0.941 bits per heavy atom. The molecule has 1 N–H and O–H groups in total. The van der Waals surface area contributed by atoms with Crippen LogP contribution in [0, 0.1) is 13.8 Å². The molecule has 0 radical (unpaired) electrons. The van der Waals surface area contributed by atoms with E-state index < -0.39 is 22.5 Å². The molecule has 3 rings (SSSR count). The third kappa shape index (κ3) is 5.93. The summed E-state index contributed by atoms with van der Waals surface area (Å²) in [5.74, 6) is 0.0640. The van der Waals surface area contributed by atoms with E-state index in [0.29, 0.717) is 5.75 Å². The van der Waals surface area contributed by atoms with Gasteiger partial charge in [-0.25, -0.2) is 13.8 Å². The van der Waals surface area contributed by atoms with Crippen molar-refractivity contribution in [1.82, 2.24) is 5.43 Å². The maximum atomic E-state index is 13.6. The molecule has 178 valence electrons. The van der Waals surface area contributed by atoms with Gasteiger partial charge in [-0.2, -0.15) is 5.10 Å². The maximum Gasteiger partial charge on any atom is 0.264 e. The molecule has 0 aromatic heterocycles. The third-order valence-corrected chi connectivity index (χ3v) is 6.81. The van der Waals surface area contributed by atoms with Crippen LogP contribution in [0.5, 0.6) is 11.5 Å². The SMILES string of the molecule is COc1ccc(OC)c(N(CC(=O)N/N=C\c2ccc(C)cc2)S(=O)(=O)c2ccc(C)cc2)c1. The van der Waals surface area contributed by atoms with Gasteiger partial charge in [0.2, 0.25) is 0 Å². The molecule has 0 saturated carbocycles. The van der Waals surface area contributed by atoms with E-state index in [0.717, 1.165) is 21.0 Å². The number of amides is 1. The Morgan fingerprint density at radius 2 is 1.56 bits per heavy atom. The second-order valence-electron chi connectivity index (χ2n) is 7.57. The maximum absolute atomic E-state index is 13.6. The number of carbonyl (C=O) groups is 1. The molecule has 0 spiro atoms. The molecular weight excluding hydrogens is 454 g/mol. The van der Waals surface area contributed by atoms with Gasteiger partial charge in [0.1, 0.15) is 18.0 Å². The second kappa shape index (κ2) is 10.8. The van der Waals surface area contributed by atoms with E-state index in [-0.39, 0.29) is 16.3 Å². The van der Waals surface area contributed by atoms with E-state index in [4.69, 9.17) is 9.47 Å². The minimum Gasteiger partial charge on any atom is -0.497 e. The summed E-state index contributed by atoms with van der Waals surface area (Å²) >= 11 is 0. The smallest absolute Gasteiger partial charge is 0.264 e. The summed E-state index contributed by atoms with van der Waals surface area (Å²) in [6.07, 6.45) is 1.49. The molecule has 0 aliphatic heterocycles. The number of ether oxygens (including phenoxy) is 2. The molecular formula is C25H27N3O5S. The lowest BCUT2D eigenvalue weighted by atomic mass is 10.2. The van der Waals surface area contributed by atoms with Crippen molar-refractivity contribution in [3.05, 3.63) is 83.4 Å². The minimum atomic E-state index is -4.12. The molecule has 0 fully saturated rings. The number of hydrogen-bond donors (Lipinski definition) is 1. The Labute approximate surface area is 199 Å². The van der Waals surface area contributed by atoms with Gasteiger partial charge in [-0.15, -0.1) is 0 Å². The molecule has 1 amide bonds. The summed E-state index contributed by atoms with van der Waals surface area (Å²) in [5.41, 5.74) is 5.37. The Bertz CT molecular complexity index is 1270. The molecule has 0 atom stereocenters. The zero-order valence-corrected chi connectivity index (χ0v) is 20.3. The first-order valence-corrected chi connectivity index (χ1v) is 11.9. The van der Waals surface area contributed by atoms with Crippen LogP contribution in [0.1, 0.15) is 16.7 Å². The summed E-state index contributed by atoms with van der Waals surface area (Å²) in [7, 11) is -1.23. The van der Waals surface area contributed by atoms with Gasteiger partial charge in [-0.1, -0.05) is 47.5 Å². The number of hydrogen-bond acceptors (Lipinski definition) is 6. The van der Waals surface area contributed by atoms with E-state index in [1.54, 1.807) is 24.3 Å². The molecule has 0 unspecified atom stereocenters. The van der Waals surface area contributed by atoms with E-state index in [1.807, 2.05) is 38.1 Å². The van der Waals surface area contributed by atoms with E-state index in [2.05, 4.69) is 10.5 Å². The van der Waals surface area contributed by atoms with Crippen molar-refractivity contribution < 1.29 is 22.7 Å². The summed E-state index contributed by atoms with van der Waals surface area (Å²) in [5, 5.41) is 3.96. The molecule has 0 bridgehead atoms. The van der Waals surface area contributed by atoms with Crippen LogP contribution in [0.2, 0.25) is 0 Å². The number of aryl methyl sites for hydroxylation is 2. The zero-order chi connectivity index (χ0) is 24.7. The molecule has 3 aromatic carbocycles. The Balaban J connectivity index is 1.94. The van der Waals surface area contributed by atoms with Gasteiger partial charge in [0.05, 0.1) is 31.0 Å². The highest BCUT2D eigenvalue weighted by Crippen LogP contribution is 2.35. The lowest BCUT2D eigenvalue weighted by Gasteiger charge is -2.25. The van der Waals surface area contributed by atoms with Crippen molar-refractivity contribution in [3.8, 4) is 11.5 Å². The predicted octanol–water partition coefficient (Wildman–Crippen LogP) is 3.67. The van der Waals surface area contributed by atoms with Crippen LogP contribution in [-0.2, 0) is 14.8 Å². The van der Waals surface area contributed by atoms with Crippen LogP contribution in [0.3, 0.4) is 0 Å². The largest absolute Gasteiger partial charge is 0.497 e. The molecule has 9 heteroatoms.